The second-order valence-corrected chi connectivity index (χ2v) is 14.3. The molecule has 1 amide bonds. The first kappa shape index (κ1) is 22.0. The van der Waals surface area contributed by atoms with Crippen molar-refractivity contribution in [2.24, 2.45) is 0 Å². The number of carbonyl (C=O) groups is 1. The molecule has 0 spiro atoms. The lowest BCUT2D eigenvalue weighted by Crippen LogP contribution is -2.38. The second kappa shape index (κ2) is 9.59. The monoisotopic (exact) mass is 389 g/mol. The topological polar surface area (TPSA) is 56.6 Å². The lowest BCUT2D eigenvalue weighted by molar-refractivity contribution is 0.0230. The fraction of sp³-hybridized carbons (Fsp3) is 0.765. The van der Waals surface area contributed by atoms with Crippen LogP contribution in [0, 0.1) is 0 Å². The van der Waals surface area contributed by atoms with Crippen LogP contribution in [0.5, 0.6) is 0 Å². The summed E-state index contributed by atoms with van der Waals surface area (Å²) in [5.74, 6) is 1.09. The van der Waals surface area contributed by atoms with E-state index < -0.39 is 13.7 Å². The van der Waals surface area contributed by atoms with Crippen molar-refractivity contribution in [1.82, 2.24) is 14.5 Å². The minimum atomic E-state index is -1.10. The van der Waals surface area contributed by atoms with Gasteiger partial charge in [0.15, 0.2) is 0 Å². The molecular weight excluding hydrogens is 358 g/mol. The summed E-state index contributed by atoms with van der Waals surface area (Å²) in [6.45, 7) is 14.4. The average Bonchev–Trinajstić information content (AvgIpc) is 2.87. The van der Waals surface area contributed by atoms with Gasteiger partial charge in [0.05, 0.1) is 6.54 Å². The molecule has 0 N–H and O–H groups in total. The van der Waals surface area contributed by atoms with Gasteiger partial charge in [0.2, 0.25) is 0 Å². The molecule has 1 aromatic rings. The van der Waals surface area contributed by atoms with Crippen LogP contribution in [0.15, 0.2) is 12.4 Å². The average molecular weight is 390 g/mol. The number of alkyl halides is 1. The molecule has 0 saturated heterocycles. The molecule has 0 aromatic carbocycles. The van der Waals surface area contributed by atoms with E-state index in [0.29, 0.717) is 25.7 Å². The third-order valence-corrected chi connectivity index (χ3v) is 5.24. The van der Waals surface area contributed by atoms with Gasteiger partial charge in [-0.05, 0) is 26.8 Å². The summed E-state index contributed by atoms with van der Waals surface area (Å²) in [6, 6.07) is 1.12. The van der Waals surface area contributed by atoms with E-state index >= 15 is 0 Å². The predicted molar refractivity (Wildman–Crippen MR) is 104 cm³/mol. The van der Waals surface area contributed by atoms with Crippen LogP contribution in [-0.4, -0.2) is 53.3 Å². The van der Waals surface area contributed by atoms with Gasteiger partial charge in [-0.3, -0.25) is 4.90 Å². The van der Waals surface area contributed by atoms with E-state index in [-0.39, 0.29) is 6.09 Å². The number of hydrogen-bond donors (Lipinski definition) is 0. The number of rotatable bonds is 9. The van der Waals surface area contributed by atoms with Crippen molar-refractivity contribution in [1.29, 1.82) is 0 Å². The standard InChI is InChI=1S/C17H32ClN3O3Si/c1-17(2,3)24-16(22)20(9-7-18)13-15-19-8-10-21(15)14-23-11-12-25(4,5)6/h8,10H,7,9,11-14H2,1-6H3. The highest BCUT2D eigenvalue weighted by molar-refractivity contribution is 6.76. The Morgan fingerprint density at radius 2 is 2.04 bits per heavy atom. The van der Waals surface area contributed by atoms with Crippen LogP contribution in [0.2, 0.25) is 25.7 Å². The third kappa shape index (κ3) is 9.28. The number of aromatic nitrogens is 2. The maximum Gasteiger partial charge on any atom is 0.410 e. The summed E-state index contributed by atoms with van der Waals surface area (Å²) in [5, 5.41) is 0. The van der Waals surface area contributed by atoms with E-state index in [0.717, 1.165) is 18.5 Å². The smallest absolute Gasteiger partial charge is 0.410 e. The molecule has 8 heteroatoms. The highest BCUT2D eigenvalue weighted by atomic mass is 35.5. The van der Waals surface area contributed by atoms with Crippen molar-refractivity contribution >= 4 is 25.8 Å². The van der Waals surface area contributed by atoms with Crippen molar-refractivity contribution in [2.75, 3.05) is 19.0 Å². The number of hydrogen-bond acceptors (Lipinski definition) is 4. The minimum absolute atomic E-state index is 0.339. The van der Waals surface area contributed by atoms with Crippen molar-refractivity contribution in [3.05, 3.63) is 18.2 Å². The zero-order valence-electron chi connectivity index (χ0n) is 16.3. The summed E-state index contributed by atoms with van der Waals surface area (Å²) >= 11 is 5.84. The molecule has 0 bridgehead atoms. The maximum atomic E-state index is 12.3. The Kier molecular flexibility index (Phi) is 8.44. The molecule has 0 aliphatic carbocycles. The fourth-order valence-corrected chi connectivity index (χ4v) is 2.95. The van der Waals surface area contributed by atoms with Crippen LogP contribution < -0.4 is 0 Å². The molecule has 0 aliphatic rings. The number of nitrogens with zero attached hydrogens (tertiary/aromatic N) is 3. The molecule has 1 aromatic heterocycles. The lowest BCUT2D eigenvalue weighted by Gasteiger charge is -2.27. The first-order valence-electron chi connectivity index (χ1n) is 8.63. The van der Waals surface area contributed by atoms with Gasteiger partial charge in [0.1, 0.15) is 18.2 Å². The largest absolute Gasteiger partial charge is 0.444 e. The minimum Gasteiger partial charge on any atom is -0.444 e. The quantitative estimate of drug-likeness (QED) is 0.361. The van der Waals surface area contributed by atoms with Crippen molar-refractivity contribution in [2.45, 2.75) is 65.3 Å². The van der Waals surface area contributed by atoms with Gasteiger partial charge in [-0.25, -0.2) is 9.78 Å². The Balaban J connectivity index is 2.64. The van der Waals surface area contributed by atoms with E-state index in [1.165, 1.54) is 0 Å². The molecule has 0 saturated carbocycles. The predicted octanol–water partition coefficient (Wildman–Crippen LogP) is 4.17. The number of imidazole rings is 1. The molecular formula is C17H32ClN3O3Si. The Morgan fingerprint density at radius 1 is 1.36 bits per heavy atom. The molecule has 25 heavy (non-hydrogen) atoms. The third-order valence-electron chi connectivity index (χ3n) is 3.37. The summed E-state index contributed by atoms with van der Waals surface area (Å²) in [6.07, 6.45) is 3.19. The van der Waals surface area contributed by atoms with Gasteiger partial charge in [-0.2, -0.15) is 0 Å². The fourth-order valence-electron chi connectivity index (χ4n) is 1.98. The molecule has 0 fully saturated rings. The first-order valence-corrected chi connectivity index (χ1v) is 12.9. The van der Waals surface area contributed by atoms with Gasteiger partial charge in [0, 0.05) is 39.5 Å². The molecule has 1 heterocycles. The first-order chi connectivity index (χ1) is 11.5. The van der Waals surface area contributed by atoms with Crippen LogP contribution in [0.25, 0.3) is 0 Å². The van der Waals surface area contributed by atoms with Gasteiger partial charge in [0.25, 0.3) is 0 Å². The van der Waals surface area contributed by atoms with Crippen LogP contribution in [0.3, 0.4) is 0 Å². The van der Waals surface area contributed by atoms with Gasteiger partial charge < -0.3 is 14.0 Å². The Bertz CT molecular complexity index is 538. The van der Waals surface area contributed by atoms with Crippen LogP contribution in [-0.2, 0) is 22.7 Å². The summed E-state index contributed by atoms with van der Waals surface area (Å²) < 4.78 is 13.1. The molecule has 6 nitrogen and oxygen atoms in total. The number of halogens is 1. The summed E-state index contributed by atoms with van der Waals surface area (Å²) in [7, 11) is -1.10. The Labute approximate surface area is 157 Å². The Hall–Kier alpha value is -1.05. The van der Waals surface area contributed by atoms with Crippen molar-refractivity contribution < 1.29 is 14.3 Å². The molecule has 1 rings (SSSR count). The zero-order valence-corrected chi connectivity index (χ0v) is 18.1. The second-order valence-electron chi connectivity index (χ2n) is 8.25. The van der Waals surface area contributed by atoms with Crippen LogP contribution in [0.1, 0.15) is 26.6 Å². The molecule has 0 aliphatic heterocycles. The molecule has 0 atom stereocenters. The van der Waals surface area contributed by atoms with E-state index in [4.69, 9.17) is 21.1 Å². The number of amides is 1. The zero-order chi connectivity index (χ0) is 19.1. The van der Waals surface area contributed by atoms with E-state index in [9.17, 15) is 4.79 Å². The summed E-state index contributed by atoms with van der Waals surface area (Å²) in [5.41, 5.74) is -0.545. The summed E-state index contributed by atoms with van der Waals surface area (Å²) in [4.78, 5) is 18.3. The van der Waals surface area contributed by atoms with E-state index in [1.807, 2.05) is 31.5 Å². The van der Waals surface area contributed by atoms with Crippen LogP contribution >= 0.6 is 11.6 Å². The lowest BCUT2D eigenvalue weighted by atomic mass is 10.2. The molecule has 144 valence electrons. The van der Waals surface area contributed by atoms with Crippen molar-refractivity contribution in [3.63, 3.8) is 0 Å². The van der Waals surface area contributed by atoms with Crippen molar-refractivity contribution in [3.8, 4) is 0 Å². The number of ether oxygens (including phenoxy) is 2. The number of carbonyl (C=O) groups excluding carboxylic acids is 1. The Morgan fingerprint density at radius 3 is 2.60 bits per heavy atom. The van der Waals surface area contributed by atoms with E-state index in [1.54, 1.807) is 11.1 Å². The van der Waals surface area contributed by atoms with Gasteiger partial charge in [-0.15, -0.1) is 11.6 Å². The van der Waals surface area contributed by atoms with Crippen LogP contribution in [0.4, 0.5) is 4.79 Å². The normalized spacial score (nSPS) is 12.3. The SMILES string of the molecule is CC(C)(C)OC(=O)N(CCCl)Cc1nccn1COCC[Si](C)(C)C. The van der Waals surface area contributed by atoms with Gasteiger partial charge >= 0.3 is 6.09 Å². The highest BCUT2D eigenvalue weighted by Gasteiger charge is 2.23. The highest BCUT2D eigenvalue weighted by Crippen LogP contribution is 2.13. The van der Waals surface area contributed by atoms with Gasteiger partial charge in [-0.1, -0.05) is 19.6 Å². The maximum absolute atomic E-state index is 12.3. The molecule has 0 unspecified atom stereocenters. The van der Waals surface area contributed by atoms with E-state index in [2.05, 4.69) is 24.6 Å². The molecule has 0 radical (unpaired) electrons.